The average molecular weight is 268 g/mol. The standard InChI is InChI=1S/C17H32O2/c18-17(19)15-11-6-4-2-1-3-5-8-12-16-13-9-7-10-14-16/h16H,1-15H2,(H,18,19). The Bertz CT molecular complexity index is 219. The highest BCUT2D eigenvalue weighted by Gasteiger charge is 2.12. The maximum Gasteiger partial charge on any atom is 0.303 e. The summed E-state index contributed by atoms with van der Waals surface area (Å²) in [6.45, 7) is 0. The van der Waals surface area contributed by atoms with Gasteiger partial charge in [-0.3, -0.25) is 4.79 Å². The first-order chi connectivity index (χ1) is 9.29. The molecule has 112 valence electrons. The van der Waals surface area contributed by atoms with Crippen molar-refractivity contribution in [2.75, 3.05) is 0 Å². The molecule has 0 radical (unpaired) electrons. The molecule has 0 atom stereocenters. The molecular formula is C17H32O2. The second kappa shape index (κ2) is 11.3. The summed E-state index contributed by atoms with van der Waals surface area (Å²) in [5, 5.41) is 8.52. The van der Waals surface area contributed by atoms with E-state index in [1.54, 1.807) is 0 Å². The van der Waals surface area contributed by atoms with Crippen molar-refractivity contribution >= 4 is 5.97 Å². The Morgan fingerprint density at radius 3 is 1.89 bits per heavy atom. The Morgan fingerprint density at radius 1 is 0.789 bits per heavy atom. The van der Waals surface area contributed by atoms with Crippen LogP contribution in [-0.4, -0.2) is 11.1 Å². The lowest BCUT2D eigenvalue weighted by molar-refractivity contribution is -0.137. The molecule has 0 bridgehead atoms. The largest absolute Gasteiger partial charge is 0.481 e. The third-order valence-electron chi connectivity index (χ3n) is 4.48. The highest BCUT2D eigenvalue weighted by atomic mass is 16.4. The highest BCUT2D eigenvalue weighted by molar-refractivity contribution is 5.66. The van der Waals surface area contributed by atoms with Crippen LogP contribution in [0.3, 0.4) is 0 Å². The van der Waals surface area contributed by atoms with Crippen molar-refractivity contribution < 1.29 is 9.90 Å². The fourth-order valence-corrected chi connectivity index (χ4v) is 3.25. The molecule has 0 unspecified atom stereocenters. The second-order valence-corrected chi connectivity index (χ2v) is 6.26. The molecule has 0 spiro atoms. The zero-order valence-corrected chi connectivity index (χ0v) is 12.5. The first kappa shape index (κ1) is 16.5. The van der Waals surface area contributed by atoms with E-state index in [2.05, 4.69) is 0 Å². The molecule has 0 aromatic rings. The lowest BCUT2D eigenvalue weighted by Crippen LogP contribution is -2.05. The molecule has 2 heteroatoms. The number of hydrogen-bond acceptors (Lipinski definition) is 1. The van der Waals surface area contributed by atoms with E-state index in [9.17, 15) is 4.79 Å². The lowest BCUT2D eigenvalue weighted by Gasteiger charge is -2.21. The predicted octanol–water partition coefficient (Wildman–Crippen LogP) is 5.55. The Hall–Kier alpha value is -0.530. The van der Waals surface area contributed by atoms with E-state index >= 15 is 0 Å². The zero-order chi connectivity index (χ0) is 13.8. The van der Waals surface area contributed by atoms with E-state index in [0.29, 0.717) is 6.42 Å². The summed E-state index contributed by atoms with van der Waals surface area (Å²) < 4.78 is 0. The van der Waals surface area contributed by atoms with E-state index in [4.69, 9.17) is 5.11 Å². The third-order valence-corrected chi connectivity index (χ3v) is 4.48. The maximum absolute atomic E-state index is 10.3. The Morgan fingerprint density at radius 2 is 1.32 bits per heavy atom. The number of hydrogen-bond donors (Lipinski definition) is 1. The monoisotopic (exact) mass is 268 g/mol. The van der Waals surface area contributed by atoms with Crippen LogP contribution < -0.4 is 0 Å². The van der Waals surface area contributed by atoms with E-state index in [-0.39, 0.29) is 0 Å². The summed E-state index contributed by atoms with van der Waals surface area (Å²) in [4.78, 5) is 10.3. The van der Waals surface area contributed by atoms with Crippen LogP contribution in [0.25, 0.3) is 0 Å². The molecule has 1 rings (SSSR count). The van der Waals surface area contributed by atoms with Crippen LogP contribution in [0.4, 0.5) is 0 Å². The molecule has 2 nitrogen and oxygen atoms in total. The fraction of sp³-hybridized carbons (Fsp3) is 0.941. The lowest BCUT2D eigenvalue weighted by atomic mass is 9.85. The van der Waals surface area contributed by atoms with Gasteiger partial charge in [-0.15, -0.1) is 0 Å². The quantitative estimate of drug-likeness (QED) is 0.499. The molecule has 1 saturated carbocycles. The van der Waals surface area contributed by atoms with Crippen LogP contribution in [0.2, 0.25) is 0 Å². The van der Waals surface area contributed by atoms with Crippen molar-refractivity contribution in [3.05, 3.63) is 0 Å². The van der Waals surface area contributed by atoms with Crippen molar-refractivity contribution in [2.45, 2.75) is 96.3 Å². The SMILES string of the molecule is O=C(O)CCCCCCCCCCC1CCCCC1. The molecule has 0 saturated heterocycles. The second-order valence-electron chi connectivity index (χ2n) is 6.26. The minimum atomic E-state index is -0.650. The van der Waals surface area contributed by atoms with Crippen molar-refractivity contribution in [1.29, 1.82) is 0 Å². The fourth-order valence-electron chi connectivity index (χ4n) is 3.25. The smallest absolute Gasteiger partial charge is 0.303 e. The molecule has 1 aliphatic rings. The highest BCUT2D eigenvalue weighted by Crippen LogP contribution is 2.28. The van der Waals surface area contributed by atoms with Crippen LogP contribution in [0.1, 0.15) is 96.3 Å². The molecule has 0 aliphatic heterocycles. The van der Waals surface area contributed by atoms with E-state index < -0.39 is 5.97 Å². The Kier molecular flexibility index (Phi) is 9.84. The summed E-state index contributed by atoms with van der Waals surface area (Å²) >= 11 is 0. The molecule has 0 aromatic carbocycles. The Labute approximate surface area is 119 Å². The first-order valence-corrected chi connectivity index (χ1v) is 8.51. The third kappa shape index (κ3) is 9.98. The number of rotatable bonds is 11. The number of unbranched alkanes of at least 4 members (excludes halogenated alkanes) is 7. The minimum absolute atomic E-state index is 0.349. The van der Waals surface area contributed by atoms with E-state index in [0.717, 1.165) is 18.8 Å². The van der Waals surface area contributed by atoms with Crippen molar-refractivity contribution in [3.63, 3.8) is 0 Å². The molecular weight excluding hydrogens is 236 g/mol. The molecule has 0 heterocycles. The average Bonchev–Trinajstić information content (AvgIpc) is 2.42. The predicted molar refractivity (Wildman–Crippen MR) is 80.4 cm³/mol. The zero-order valence-electron chi connectivity index (χ0n) is 12.5. The van der Waals surface area contributed by atoms with Gasteiger partial charge in [0.15, 0.2) is 0 Å². The molecule has 19 heavy (non-hydrogen) atoms. The molecule has 1 aliphatic carbocycles. The van der Waals surface area contributed by atoms with Gasteiger partial charge in [0.2, 0.25) is 0 Å². The summed E-state index contributed by atoms with van der Waals surface area (Å²) in [7, 11) is 0. The van der Waals surface area contributed by atoms with Gasteiger partial charge in [-0.1, -0.05) is 83.5 Å². The number of carboxylic acid groups (broad SMARTS) is 1. The van der Waals surface area contributed by atoms with E-state index in [1.165, 1.54) is 77.0 Å². The van der Waals surface area contributed by atoms with Crippen molar-refractivity contribution in [3.8, 4) is 0 Å². The van der Waals surface area contributed by atoms with E-state index in [1.807, 2.05) is 0 Å². The van der Waals surface area contributed by atoms with Gasteiger partial charge in [-0.05, 0) is 12.3 Å². The van der Waals surface area contributed by atoms with Crippen LogP contribution in [0, 0.1) is 5.92 Å². The summed E-state index contributed by atoms with van der Waals surface area (Å²) in [6, 6.07) is 0. The molecule has 1 fully saturated rings. The summed E-state index contributed by atoms with van der Waals surface area (Å²) in [5.74, 6) is 0.396. The van der Waals surface area contributed by atoms with Gasteiger partial charge in [0.25, 0.3) is 0 Å². The number of carboxylic acids is 1. The topological polar surface area (TPSA) is 37.3 Å². The van der Waals surface area contributed by atoms with Gasteiger partial charge in [0.05, 0.1) is 0 Å². The van der Waals surface area contributed by atoms with Crippen molar-refractivity contribution in [2.24, 2.45) is 5.92 Å². The normalized spacial score (nSPS) is 16.6. The minimum Gasteiger partial charge on any atom is -0.481 e. The Balaban J connectivity index is 1.74. The number of aliphatic carboxylic acids is 1. The van der Waals surface area contributed by atoms with Gasteiger partial charge in [0, 0.05) is 6.42 Å². The van der Waals surface area contributed by atoms with Crippen LogP contribution in [-0.2, 0) is 4.79 Å². The maximum atomic E-state index is 10.3. The van der Waals surface area contributed by atoms with Crippen LogP contribution in [0.5, 0.6) is 0 Å². The molecule has 0 aromatic heterocycles. The molecule has 0 amide bonds. The van der Waals surface area contributed by atoms with Gasteiger partial charge in [-0.2, -0.15) is 0 Å². The number of carbonyl (C=O) groups is 1. The summed E-state index contributed by atoms with van der Waals surface area (Å²) in [6.07, 6.45) is 19.2. The van der Waals surface area contributed by atoms with Gasteiger partial charge in [-0.25, -0.2) is 0 Å². The first-order valence-electron chi connectivity index (χ1n) is 8.51. The summed E-state index contributed by atoms with van der Waals surface area (Å²) in [5.41, 5.74) is 0. The van der Waals surface area contributed by atoms with Crippen LogP contribution >= 0.6 is 0 Å². The van der Waals surface area contributed by atoms with Gasteiger partial charge < -0.3 is 5.11 Å². The molecule has 1 N–H and O–H groups in total. The van der Waals surface area contributed by atoms with Gasteiger partial charge >= 0.3 is 5.97 Å². The van der Waals surface area contributed by atoms with Gasteiger partial charge in [0.1, 0.15) is 0 Å². The van der Waals surface area contributed by atoms with Crippen molar-refractivity contribution in [1.82, 2.24) is 0 Å². The van der Waals surface area contributed by atoms with Crippen LogP contribution in [0.15, 0.2) is 0 Å².